The van der Waals surface area contributed by atoms with Crippen LogP contribution in [0, 0.1) is 0 Å². The van der Waals surface area contributed by atoms with Gasteiger partial charge in [-0.25, -0.2) is 0 Å². The summed E-state index contributed by atoms with van der Waals surface area (Å²) in [5.41, 5.74) is 0. The van der Waals surface area contributed by atoms with E-state index in [-0.39, 0.29) is 31.1 Å². The molecular formula is C50H90O6. The van der Waals surface area contributed by atoms with Crippen LogP contribution in [-0.4, -0.2) is 37.2 Å². The van der Waals surface area contributed by atoms with Crippen LogP contribution in [0.4, 0.5) is 0 Å². The Balaban J connectivity index is 4.35. The van der Waals surface area contributed by atoms with Crippen molar-refractivity contribution in [3.8, 4) is 0 Å². The van der Waals surface area contributed by atoms with Crippen molar-refractivity contribution in [2.24, 2.45) is 0 Å². The summed E-state index contributed by atoms with van der Waals surface area (Å²) in [4.78, 5) is 37.8. The third kappa shape index (κ3) is 42.8. The molecule has 0 fully saturated rings. The summed E-state index contributed by atoms with van der Waals surface area (Å²) in [6.07, 6.45) is 51.3. The number of esters is 3. The van der Waals surface area contributed by atoms with E-state index in [0.717, 1.165) is 96.3 Å². The van der Waals surface area contributed by atoms with Crippen LogP contribution in [0.1, 0.15) is 245 Å². The monoisotopic (exact) mass is 787 g/mol. The molecule has 0 saturated heterocycles. The van der Waals surface area contributed by atoms with Gasteiger partial charge in [0, 0.05) is 19.3 Å². The SMILES string of the molecule is CC/C=C\C/C=C\CCCCCCCC(=O)OC(COC(=O)CCCCCCC/C=C\CCCCCCCCC)COC(=O)CCCCCCCCCCCC. The number of rotatable bonds is 43. The summed E-state index contributed by atoms with van der Waals surface area (Å²) in [7, 11) is 0. The summed E-state index contributed by atoms with van der Waals surface area (Å²) in [5.74, 6) is -0.899. The number of hydrogen-bond acceptors (Lipinski definition) is 6. The molecule has 0 bridgehead atoms. The zero-order valence-corrected chi connectivity index (χ0v) is 37.2. The van der Waals surface area contributed by atoms with Gasteiger partial charge in [-0.15, -0.1) is 0 Å². The highest BCUT2D eigenvalue weighted by molar-refractivity contribution is 5.71. The van der Waals surface area contributed by atoms with Crippen molar-refractivity contribution in [1.82, 2.24) is 0 Å². The van der Waals surface area contributed by atoms with E-state index in [0.29, 0.717) is 19.3 Å². The van der Waals surface area contributed by atoms with Crippen molar-refractivity contribution in [2.75, 3.05) is 13.2 Å². The molecular weight excluding hydrogens is 697 g/mol. The molecule has 0 aromatic heterocycles. The van der Waals surface area contributed by atoms with Gasteiger partial charge in [0.1, 0.15) is 13.2 Å². The summed E-state index contributed by atoms with van der Waals surface area (Å²) in [5, 5.41) is 0. The Morgan fingerprint density at radius 2 is 0.696 bits per heavy atom. The largest absolute Gasteiger partial charge is 0.462 e. The van der Waals surface area contributed by atoms with Crippen LogP contribution in [0.2, 0.25) is 0 Å². The predicted octanol–water partition coefficient (Wildman–Crippen LogP) is 15.4. The molecule has 326 valence electrons. The molecule has 0 aliphatic heterocycles. The Kier molecular flexibility index (Phi) is 43.4. The topological polar surface area (TPSA) is 78.9 Å². The van der Waals surface area contributed by atoms with E-state index in [1.165, 1.54) is 109 Å². The third-order valence-electron chi connectivity index (χ3n) is 10.4. The molecule has 0 rings (SSSR count). The molecule has 0 aromatic carbocycles. The lowest BCUT2D eigenvalue weighted by Gasteiger charge is -2.18. The maximum Gasteiger partial charge on any atom is 0.306 e. The number of ether oxygens (including phenoxy) is 3. The molecule has 6 heteroatoms. The fourth-order valence-corrected chi connectivity index (χ4v) is 6.77. The van der Waals surface area contributed by atoms with Crippen molar-refractivity contribution in [2.45, 2.75) is 252 Å². The van der Waals surface area contributed by atoms with Crippen LogP contribution >= 0.6 is 0 Å². The molecule has 0 aromatic rings. The van der Waals surface area contributed by atoms with Gasteiger partial charge in [-0.2, -0.15) is 0 Å². The van der Waals surface area contributed by atoms with Gasteiger partial charge in [0.05, 0.1) is 0 Å². The average molecular weight is 787 g/mol. The molecule has 0 saturated carbocycles. The molecule has 0 spiro atoms. The Bertz CT molecular complexity index is 953. The lowest BCUT2D eigenvalue weighted by Crippen LogP contribution is -2.30. The van der Waals surface area contributed by atoms with Gasteiger partial charge in [0.25, 0.3) is 0 Å². The number of unbranched alkanes of at least 4 members (excludes halogenated alkanes) is 26. The highest BCUT2D eigenvalue weighted by Crippen LogP contribution is 2.14. The lowest BCUT2D eigenvalue weighted by atomic mass is 10.1. The fraction of sp³-hybridized carbons (Fsp3) is 0.820. The minimum Gasteiger partial charge on any atom is -0.462 e. The molecule has 0 N–H and O–H groups in total. The van der Waals surface area contributed by atoms with Crippen LogP contribution in [0.5, 0.6) is 0 Å². The van der Waals surface area contributed by atoms with Crippen LogP contribution in [-0.2, 0) is 28.6 Å². The highest BCUT2D eigenvalue weighted by Gasteiger charge is 2.19. The van der Waals surface area contributed by atoms with Crippen LogP contribution in [0.25, 0.3) is 0 Å². The molecule has 0 amide bonds. The van der Waals surface area contributed by atoms with E-state index in [4.69, 9.17) is 14.2 Å². The Hall–Kier alpha value is -2.37. The van der Waals surface area contributed by atoms with E-state index in [2.05, 4.69) is 57.2 Å². The minimum absolute atomic E-state index is 0.0785. The van der Waals surface area contributed by atoms with Gasteiger partial charge in [0.2, 0.25) is 0 Å². The van der Waals surface area contributed by atoms with Gasteiger partial charge >= 0.3 is 17.9 Å². The average Bonchev–Trinajstić information content (AvgIpc) is 3.19. The van der Waals surface area contributed by atoms with Gasteiger partial charge in [-0.1, -0.05) is 192 Å². The second-order valence-electron chi connectivity index (χ2n) is 16.0. The van der Waals surface area contributed by atoms with E-state index in [9.17, 15) is 14.4 Å². The number of allylic oxidation sites excluding steroid dienone is 6. The normalized spacial score (nSPS) is 12.3. The Morgan fingerprint density at radius 1 is 0.375 bits per heavy atom. The first-order valence-corrected chi connectivity index (χ1v) is 24.0. The molecule has 56 heavy (non-hydrogen) atoms. The predicted molar refractivity (Wildman–Crippen MR) is 238 cm³/mol. The van der Waals surface area contributed by atoms with E-state index in [1.807, 2.05) is 0 Å². The highest BCUT2D eigenvalue weighted by atomic mass is 16.6. The number of carbonyl (C=O) groups excluding carboxylic acids is 3. The molecule has 0 aliphatic rings. The van der Waals surface area contributed by atoms with E-state index < -0.39 is 6.10 Å². The zero-order chi connectivity index (χ0) is 40.8. The molecule has 1 unspecified atom stereocenters. The summed E-state index contributed by atoms with van der Waals surface area (Å²) in [6, 6.07) is 0. The quantitative estimate of drug-likeness (QED) is 0.0265. The van der Waals surface area contributed by atoms with Gasteiger partial charge in [-0.05, 0) is 70.6 Å². The number of carbonyl (C=O) groups is 3. The Morgan fingerprint density at radius 3 is 1.09 bits per heavy atom. The maximum atomic E-state index is 12.7. The summed E-state index contributed by atoms with van der Waals surface area (Å²) < 4.78 is 16.7. The fourth-order valence-electron chi connectivity index (χ4n) is 6.77. The van der Waals surface area contributed by atoms with Crippen molar-refractivity contribution >= 4 is 17.9 Å². The summed E-state index contributed by atoms with van der Waals surface area (Å²) in [6.45, 7) is 6.50. The van der Waals surface area contributed by atoms with Crippen LogP contribution in [0.3, 0.4) is 0 Å². The minimum atomic E-state index is -0.777. The zero-order valence-electron chi connectivity index (χ0n) is 37.2. The lowest BCUT2D eigenvalue weighted by molar-refractivity contribution is -0.167. The van der Waals surface area contributed by atoms with Gasteiger partial charge in [-0.3, -0.25) is 14.4 Å². The molecule has 6 nitrogen and oxygen atoms in total. The van der Waals surface area contributed by atoms with Crippen molar-refractivity contribution in [3.63, 3.8) is 0 Å². The first-order chi connectivity index (χ1) is 27.5. The van der Waals surface area contributed by atoms with Crippen LogP contribution < -0.4 is 0 Å². The first kappa shape index (κ1) is 53.6. The van der Waals surface area contributed by atoms with Crippen molar-refractivity contribution < 1.29 is 28.6 Å². The second kappa shape index (κ2) is 45.3. The third-order valence-corrected chi connectivity index (χ3v) is 10.4. The van der Waals surface area contributed by atoms with E-state index in [1.54, 1.807) is 0 Å². The molecule has 0 heterocycles. The second-order valence-corrected chi connectivity index (χ2v) is 16.0. The molecule has 0 aliphatic carbocycles. The van der Waals surface area contributed by atoms with Crippen LogP contribution in [0.15, 0.2) is 36.5 Å². The first-order valence-electron chi connectivity index (χ1n) is 24.0. The Labute approximate surface area is 346 Å². The van der Waals surface area contributed by atoms with Gasteiger partial charge < -0.3 is 14.2 Å². The summed E-state index contributed by atoms with van der Waals surface area (Å²) >= 11 is 0. The van der Waals surface area contributed by atoms with Crippen molar-refractivity contribution in [1.29, 1.82) is 0 Å². The number of hydrogen-bond donors (Lipinski definition) is 0. The molecule has 0 radical (unpaired) electrons. The maximum absolute atomic E-state index is 12.7. The molecule has 1 atom stereocenters. The van der Waals surface area contributed by atoms with Gasteiger partial charge in [0.15, 0.2) is 6.10 Å². The van der Waals surface area contributed by atoms with E-state index >= 15 is 0 Å². The smallest absolute Gasteiger partial charge is 0.306 e. The van der Waals surface area contributed by atoms with Crippen molar-refractivity contribution in [3.05, 3.63) is 36.5 Å². The standard InChI is InChI=1S/C50H90O6/c1-4-7-10-13-16-19-22-24-25-26-27-29-31-34-37-40-43-49(52)55-46-47(45-54-48(51)42-39-36-33-30-21-18-15-12-9-6-3)56-50(53)44-41-38-35-32-28-23-20-17-14-11-8-5-2/h8,11,17,20,25-26,47H,4-7,9-10,12-16,18-19,21-24,27-46H2,1-3H3/b11-8-,20-17-,26-25-.